The van der Waals surface area contributed by atoms with E-state index in [1.54, 1.807) is 12.3 Å². The molecular weight excluding hydrogens is 174 g/mol. The molecular formula is C11H17N3. The average molecular weight is 191 g/mol. The Kier molecular flexibility index (Phi) is 2.32. The summed E-state index contributed by atoms with van der Waals surface area (Å²) in [6, 6.07) is 3.68. The summed E-state index contributed by atoms with van der Waals surface area (Å²) in [4.78, 5) is 4.21. The summed E-state index contributed by atoms with van der Waals surface area (Å²) in [5.74, 6) is 0.893. The van der Waals surface area contributed by atoms with Crippen molar-refractivity contribution in [3.63, 3.8) is 0 Å². The van der Waals surface area contributed by atoms with Gasteiger partial charge in [-0.2, -0.15) is 0 Å². The van der Waals surface area contributed by atoms with Crippen LogP contribution >= 0.6 is 0 Å². The molecule has 1 heterocycles. The van der Waals surface area contributed by atoms with E-state index in [2.05, 4.69) is 17.2 Å². The third kappa shape index (κ3) is 1.97. The van der Waals surface area contributed by atoms with Gasteiger partial charge in [0.1, 0.15) is 5.82 Å². The molecule has 1 aliphatic carbocycles. The van der Waals surface area contributed by atoms with Gasteiger partial charge in [-0.25, -0.2) is 4.98 Å². The van der Waals surface area contributed by atoms with Crippen molar-refractivity contribution in [3.8, 4) is 0 Å². The van der Waals surface area contributed by atoms with E-state index < -0.39 is 0 Å². The van der Waals surface area contributed by atoms with Crippen LogP contribution < -0.4 is 11.1 Å². The second-order valence-corrected chi connectivity index (χ2v) is 4.18. The van der Waals surface area contributed by atoms with Gasteiger partial charge in [0.05, 0.1) is 0 Å². The molecule has 76 valence electrons. The molecule has 0 saturated heterocycles. The van der Waals surface area contributed by atoms with E-state index in [1.807, 2.05) is 6.07 Å². The minimum atomic E-state index is 0.548. The summed E-state index contributed by atoms with van der Waals surface area (Å²) in [6.07, 6.45) is 5.68. The zero-order valence-electron chi connectivity index (χ0n) is 8.59. The quantitative estimate of drug-likeness (QED) is 0.767. The maximum atomic E-state index is 5.67. The zero-order valence-corrected chi connectivity index (χ0v) is 8.59. The lowest BCUT2D eigenvalue weighted by molar-refractivity contribution is 0.521. The third-order valence-electron chi connectivity index (χ3n) is 3.14. The van der Waals surface area contributed by atoms with Crippen LogP contribution in [0.25, 0.3) is 0 Å². The van der Waals surface area contributed by atoms with E-state index in [-0.39, 0.29) is 0 Å². The SMILES string of the molecule is CCC1(CNc2cc(N)ccn2)CC1. The molecule has 3 heteroatoms. The van der Waals surface area contributed by atoms with Crippen LogP contribution in [0.15, 0.2) is 18.3 Å². The van der Waals surface area contributed by atoms with Crippen LogP contribution in [-0.4, -0.2) is 11.5 Å². The monoisotopic (exact) mass is 191 g/mol. The molecule has 0 amide bonds. The molecule has 1 saturated carbocycles. The minimum Gasteiger partial charge on any atom is -0.399 e. The van der Waals surface area contributed by atoms with E-state index in [0.29, 0.717) is 5.41 Å². The molecule has 2 rings (SSSR count). The number of pyridine rings is 1. The Hall–Kier alpha value is -1.25. The molecule has 3 nitrogen and oxygen atoms in total. The van der Waals surface area contributed by atoms with Crippen LogP contribution in [0.4, 0.5) is 11.5 Å². The summed E-state index contributed by atoms with van der Waals surface area (Å²) < 4.78 is 0. The highest BCUT2D eigenvalue weighted by Crippen LogP contribution is 2.48. The zero-order chi connectivity index (χ0) is 10.0. The third-order valence-corrected chi connectivity index (χ3v) is 3.14. The molecule has 3 N–H and O–H groups in total. The number of hydrogen-bond donors (Lipinski definition) is 2. The predicted molar refractivity (Wildman–Crippen MR) is 59.1 cm³/mol. The summed E-state index contributed by atoms with van der Waals surface area (Å²) in [6.45, 7) is 3.28. The smallest absolute Gasteiger partial charge is 0.127 e. The molecule has 0 aliphatic heterocycles. The lowest BCUT2D eigenvalue weighted by Crippen LogP contribution is -2.15. The first-order chi connectivity index (χ1) is 6.74. The van der Waals surface area contributed by atoms with Gasteiger partial charge < -0.3 is 11.1 Å². The molecule has 0 spiro atoms. The molecule has 0 unspecified atom stereocenters. The van der Waals surface area contributed by atoms with Crippen LogP contribution in [0, 0.1) is 5.41 Å². The van der Waals surface area contributed by atoms with Gasteiger partial charge in [0, 0.05) is 24.5 Å². The van der Waals surface area contributed by atoms with Gasteiger partial charge in [0.15, 0.2) is 0 Å². The first kappa shape index (κ1) is 9.31. The fraction of sp³-hybridized carbons (Fsp3) is 0.545. The van der Waals surface area contributed by atoms with Crippen molar-refractivity contribution in [2.45, 2.75) is 26.2 Å². The lowest BCUT2D eigenvalue weighted by Gasteiger charge is -2.13. The molecule has 0 aromatic carbocycles. The molecule has 0 bridgehead atoms. The van der Waals surface area contributed by atoms with E-state index >= 15 is 0 Å². The Morgan fingerprint density at radius 1 is 1.57 bits per heavy atom. The Morgan fingerprint density at radius 2 is 2.36 bits per heavy atom. The van der Waals surface area contributed by atoms with Crippen molar-refractivity contribution in [2.75, 3.05) is 17.6 Å². The highest BCUT2D eigenvalue weighted by Gasteiger charge is 2.40. The molecule has 14 heavy (non-hydrogen) atoms. The summed E-state index contributed by atoms with van der Waals surface area (Å²) >= 11 is 0. The fourth-order valence-electron chi connectivity index (χ4n) is 1.65. The van der Waals surface area contributed by atoms with Crippen LogP contribution in [0.5, 0.6) is 0 Å². The van der Waals surface area contributed by atoms with Crippen molar-refractivity contribution in [1.29, 1.82) is 0 Å². The minimum absolute atomic E-state index is 0.548. The van der Waals surface area contributed by atoms with Gasteiger partial charge >= 0.3 is 0 Å². The molecule has 1 aromatic heterocycles. The number of rotatable bonds is 4. The van der Waals surface area contributed by atoms with Crippen molar-refractivity contribution in [3.05, 3.63) is 18.3 Å². The Labute approximate surface area is 84.7 Å². The maximum absolute atomic E-state index is 5.67. The second-order valence-electron chi connectivity index (χ2n) is 4.18. The van der Waals surface area contributed by atoms with Gasteiger partial charge in [-0.3, -0.25) is 0 Å². The fourth-order valence-corrected chi connectivity index (χ4v) is 1.65. The number of nitrogen functional groups attached to an aromatic ring is 1. The van der Waals surface area contributed by atoms with E-state index in [1.165, 1.54) is 19.3 Å². The first-order valence-electron chi connectivity index (χ1n) is 5.19. The summed E-state index contributed by atoms with van der Waals surface area (Å²) in [5, 5.41) is 3.35. The van der Waals surface area contributed by atoms with Gasteiger partial charge in [-0.05, 0) is 30.7 Å². The highest BCUT2D eigenvalue weighted by atomic mass is 15.0. The average Bonchev–Trinajstić information content (AvgIpc) is 2.96. The summed E-state index contributed by atoms with van der Waals surface area (Å²) in [5.41, 5.74) is 6.98. The largest absolute Gasteiger partial charge is 0.399 e. The Bertz CT molecular complexity index is 318. The number of anilines is 2. The van der Waals surface area contributed by atoms with E-state index in [0.717, 1.165) is 18.1 Å². The number of hydrogen-bond acceptors (Lipinski definition) is 3. The van der Waals surface area contributed by atoms with Gasteiger partial charge in [-0.15, -0.1) is 0 Å². The van der Waals surface area contributed by atoms with E-state index in [9.17, 15) is 0 Å². The maximum Gasteiger partial charge on any atom is 0.127 e. The molecule has 1 aliphatic rings. The highest BCUT2D eigenvalue weighted by molar-refractivity contribution is 5.48. The lowest BCUT2D eigenvalue weighted by atomic mass is 10.0. The van der Waals surface area contributed by atoms with Crippen molar-refractivity contribution in [2.24, 2.45) is 5.41 Å². The second kappa shape index (κ2) is 3.48. The first-order valence-corrected chi connectivity index (χ1v) is 5.19. The van der Waals surface area contributed by atoms with Crippen LogP contribution in [-0.2, 0) is 0 Å². The number of nitrogens with zero attached hydrogens (tertiary/aromatic N) is 1. The van der Waals surface area contributed by atoms with Crippen LogP contribution in [0.1, 0.15) is 26.2 Å². The van der Waals surface area contributed by atoms with Gasteiger partial charge in [0.2, 0.25) is 0 Å². The standard InChI is InChI=1S/C11H17N3/c1-2-11(4-5-11)8-14-10-7-9(12)3-6-13-10/h3,6-7H,2,4-5,8H2,1H3,(H3,12,13,14). The molecule has 0 radical (unpaired) electrons. The van der Waals surface area contributed by atoms with Crippen molar-refractivity contribution < 1.29 is 0 Å². The normalized spacial score (nSPS) is 17.8. The van der Waals surface area contributed by atoms with Gasteiger partial charge in [0.25, 0.3) is 0 Å². The van der Waals surface area contributed by atoms with Crippen LogP contribution in [0.3, 0.4) is 0 Å². The Morgan fingerprint density at radius 3 is 2.93 bits per heavy atom. The predicted octanol–water partition coefficient (Wildman–Crippen LogP) is 2.27. The van der Waals surface area contributed by atoms with E-state index in [4.69, 9.17) is 5.73 Å². The number of nitrogens with two attached hydrogens (primary N) is 1. The summed E-state index contributed by atoms with van der Waals surface area (Å²) in [7, 11) is 0. The molecule has 1 aromatic rings. The molecule has 0 atom stereocenters. The molecule has 1 fully saturated rings. The van der Waals surface area contributed by atoms with Crippen molar-refractivity contribution in [1.82, 2.24) is 4.98 Å². The number of aromatic nitrogens is 1. The van der Waals surface area contributed by atoms with Crippen molar-refractivity contribution >= 4 is 11.5 Å². The van der Waals surface area contributed by atoms with Crippen LogP contribution in [0.2, 0.25) is 0 Å². The van der Waals surface area contributed by atoms with Gasteiger partial charge in [-0.1, -0.05) is 6.92 Å². The Balaban J connectivity index is 1.92. The number of nitrogens with one attached hydrogen (secondary N) is 1. The topological polar surface area (TPSA) is 50.9 Å².